The van der Waals surface area contributed by atoms with E-state index in [9.17, 15) is 0 Å². The molecule has 1 aliphatic heterocycles. The van der Waals surface area contributed by atoms with E-state index >= 15 is 0 Å². The topological polar surface area (TPSA) is 46.9 Å². The van der Waals surface area contributed by atoms with Crippen molar-refractivity contribution in [3.8, 4) is 0 Å². The Kier molecular flexibility index (Phi) is 6.28. The van der Waals surface area contributed by atoms with Crippen LogP contribution in [0.15, 0.2) is 0 Å². The van der Waals surface area contributed by atoms with E-state index < -0.39 is 0 Å². The Morgan fingerprint density at radius 2 is 2.00 bits per heavy atom. The Balaban J connectivity index is 2.26. The molecule has 1 aliphatic rings. The molecular formula is C12H26N2O2. The molecule has 1 fully saturated rings. The van der Waals surface area contributed by atoms with Crippen molar-refractivity contribution in [3.63, 3.8) is 0 Å². The molecule has 96 valence electrons. The van der Waals surface area contributed by atoms with Gasteiger partial charge in [-0.05, 0) is 33.4 Å². The van der Waals surface area contributed by atoms with Crippen LogP contribution in [0, 0.1) is 0 Å². The summed E-state index contributed by atoms with van der Waals surface area (Å²) in [5.74, 6) is 0. The summed E-state index contributed by atoms with van der Waals surface area (Å²) in [6.07, 6.45) is 3.95. The van der Waals surface area contributed by atoms with E-state index in [4.69, 9.17) is 10.2 Å². The normalized spacial score (nSPS) is 23.2. The third-order valence-corrected chi connectivity index (χ3v) is 3.73. The standard InChI is InChI=1S/C12H26N2O2/c1-11-5-3-4-6-14(11)8-7-13(2)12(9-15)10-16/h11-12,15-16H,3-10H2,1-2H3. The van der Waals surface area contributed by atoms with Crippen LogP contribution in [-0.2, 0) is 0 Å². The van der Waals surface area contributed by atoms with Crippen LogP contribution in [0.1, 0.15) is 26.2 Å². The summed E-state index contributed by atoms with van der Waals surface area (Å²) in [5.41, 5.74) is 0. The molecule has 2 N–H and O–H groups in total. The molecule has 1 atom stereocenters. The summed E-state index contributed by atoms with van der Waals surface area (Å²) in [6, 6.07) is 0.573. The number of aliphatic hydroxyl groups excluding tert-OH is 2. The minimum absolute atomic E-state index is 0.0303. The van der Waals surface area contributed by atoms with Crippen LogP contribution in [-0.4, -0.2) is 72.0 Å². The van der Waals surface area contributed by atoms with E-state index in [1.165, 1.54) is 25.8 Å². The van der Waals surface area contributed by atoms with E-state index in [0.717, 1.165) is 13.1 Å². The number of aliphatic hydroxyl groups is 2. The number of piperidine rings is 1. The molecule has 0 aromatic carbocycles. The molecule has 1 saturated heterocycles. The van der Waals surface area contributed by atoms with Gasteiger partial charge in [-0.15, -0.1) is 0 Å². The second-order valence-corrected chi connectivity index (χ2v) is 4.88. The minimum atomic E-state index is -0.111. The molecule has 4 heteroatoms. The van der Waals surface area contributed by atoms with Crippen molar-refractivity contribution in [2.45, 2.75) is 38.3 Å². The molecule has 0 amide bonds. The summed E-state index contributed by atoms with van der Waals surface area (Å²) in [7, 11) is 1.96. The SMILES string of the molecule is CC1CCCCN1CCN(C)C(CO)CO. The van der Waals surface area contributed by atoms with Gasteiger partial charge in [0.25, 0.3) is 0 Å². The fraction of sp³-hybridized carbons (Fsp3) is 1.00. The zero-order valence-electron chi connectivity index (χ0n) is 10.6. The predicted molar refractivity (Wildman–Crippen MR) is 65.5 cm³/mol. The van der Waals surface area contributed by atoms with Gasteiger partial charge < -0.3 is 10.2 Å². The zero-order valence-corrected chi connectivity index (χ0v) is 10.6. The van der Waals surface area contributed by atoms with Crippen LogP contribution >= 0.6 is 0 Å². The Bertz CT molecular complexity index is 186. The smallest absolute Gasteiger partial charge is 0.0609 e. The molecule has 0 saturated carbocycles. The molecular weight excluding hydrogens is 204 g/mol. The van der Waals surface area contributed by atoms with Crippen molar-refractivity contribution in [3.05, 3.63) is 0 Å². The lowest BCUT2D eigenvalue weighted by atomic mass is 10.0. The average molecular weight is 230 g/mol. The van der Waals surface area contributed by atoms with Crippen LogP contribution < -0.4 is 0 Å². The maximum atomic E-state index is 9.07. The van der Waals surface area contributed by atoms with Gasteiger partial charge in [-0.1, -0.05) is 6.42 Å². The van der Waals surface area contributed by atoms with Crippen molar-refractivity contribution < 1.29 is 10.2 Å². The highest BCUT2D eigenvalue weighted by Gasteiger charge is 2.19. The Morgan fingerprint density at radius 3 is 2.56 bits per heavy atom. The van der Waals surface area contributed by atoms with Crippen LogP contribution in [0.2, 0.25) is 0 Å². The first-order valence-corrected chi connectivity index (χ1v) is 6.35. The largest absolute Gasteiger partial charge is 0.395 e. The lowest BCUT2D eigenvalue weighted by Crippen LogP contribution is -2.45. The molecule has 0 bridgehead atoms. The number of rotatable bonds is 6. The van der Waals surface area contributed by atoms with E-state index in [0.29, 0.717) is 6.04 Å². The van der Waals surface area contributed by atoms with Crippen molar-refractivity contribution in [2.24, 2.45) is 0 Å². The molecule has 4 nitrogen and oxygen atoms in total. The van der Waals surface area contributed by atoms with E-state index in [1.54, 1.807) is 0 Å². The quantitative estimate of drug-likeness (QED) is 0.682. The molecule has 1 rings (SSSR count). The van der Waals surface area contributed by atoms with Crippen LogP contribution in [0.3, 0.4) is 0 Å². The number of hydrogen-bond donors (Lipinski definition) is 2. The van der Waals surface area contributed by atoms with E-state index in [-0.39, 0.29) is 19.3 Å². The number of hydrogen-bond acceptors (Lipinski definition) is 4. The molecule has 0 radical (unpaired) electrons. The van der Waals surface area contributed by atoms with Crippen LogP contribution in [0.25, 0.3) is 0 Å². The van der Waals surface area contributed by atoms with Crippen molar-refractivity contribution >= 4 is 0 Å². The molecule has 0 spiro atoms. The summed E-state index contributed by atoms with van der Waals surface area (Å²) < 4.78 is 0. The molecule has 16 heavy (non-hydrogen) atoms. The first kappa shape index (κ1) is 13.9. The Morgan fingerprint density at radius 1 is 1.31 bits per heavy atom. The fourth-order valence-electron chi connectivity index (χ4n) is 2.30. The Labute approximate surface area is 98.9 Å². The highest BCUT2D eigenvalue weighted by Crippen LogP contribution is 2.15. The van der Waals surface area contributed by atoms with E-state index in [1.807, 2.05) is 11.9 Å². The second kappa shape index (κ2) is 7.22. The minimum Gasteiger partial charge on any atom is -0.395 e. The van der Waals surface area contributed by atoms with Crippen LogP contribution in [0.5, 0.6) is 0 Å². The van der Waals surface area contributed by atoms with Gasteiger partial charge in [0, 0.05) is 19.1 Å². The van der Waals surface area contributed by atoms with Gasteiger partial charge in [0.1, 0.15) is 0 Å². The molecule has 1 heterocycles. The monoisotopic (exact) mass is 230 g/mol. The van der Waals surface area contributed by atoms with Crippen molar-refractivity contribution in [1.29, 1.82) is 0 Å². The molecule has 0 aliphatic carbocycles. The fourth-order valence-corrected chi connectivity index (χ4v) is 2.30. The van der Waals surface area contributed by atoms with Gasteiger partial charge in [0.05, 0.1) is 19.3 Å². The predicted octanol–water partition coefficient (Wildman–Crippen LogP) is 0.146. The highest BCUT2D eigenvalue weighted by molar-refractivity contribution is 4.75. The summed E-state index contributed by atoms with van der Waals surface area (Å²) in [5, 5.41) is 18.1. The van der Waals surface area contributed by atoms with E-state index in [2.05, 4.69) is 11.8 Å². The highest BCUT2D eigenvalue weighted by atomic mass is 16.3. The van der Waals surface area contributed by atoms with Gasteiger partial charge >= 0.3 is 0 Å². The Hall–Kier alpha value is -0.160. The van der Waals surface area contributed by atoms with Gasteiger partial charge in [-0.3, -0.25) is 9.80 Å². The van der Waals surface area contributed by atoms with Crippen molar-refractivity contribution in [1.82, 2.24) is 9.80 Å². The zero-order chi connectivity index (χ0) is 12.0. The number of likely N-dealkylation sites (N-methyl/N-ethyl adjacent to an activating group) is 1. The van der Waals surface area contributed by atoms with Gasteiger partial charge in [-0.2, -0.15) is 0 Å². The van der Waals surface area contributed by atoms with Gasteiger partial charge in [0.15, 0.2) is 0 Å². The molecule has 0 aromatic rings. The van der Waals surface area contributed by atoms with Crippen molar-refractivity contribution in [2.75, 3.05) is 39.9 Å². The number of nitrogens with zero attached hydrogens (tertiary/aromatic N) is 2. The lowest BCUT2D eigenvalue weighted by Gasteiger charge is -2.35. The summed E-state index contributed by atoms with van der Waals surface area (Å²) >= 11 is 0. The first-order valence-electron chi connectivity index (χ1n) is 6.35. The third-order valence-electron chi connectivity index (χ3n) is 3.73. The molecule has 0 aromatic heterocycles. The van der Waals surface area contributed by atoms with Gasteiger partial charge in [-0.25, -0.2) is 0 Å². The lowest BCUT2D eigenvalue weighted by molar-refractivity contribution is 0.0733. The van der Waals surface area contributed by atoms with Crippen LogP contribution in [0.4, 0.5) is 0 Å². The summed E-state index contributed by atoms with van der Waals surface area (Å²) in [4.78, 5) is 4.55. The molecule has 1 unspecified atom stereocenters. The average Bonchev–Trinajstić information content (AvgIpc) is 2.29. The summed E-state index contributed by atoms with van der Waals surface area (Å²) in [6.45, 7) is 5.49. The first-order chi connectivity index (χ1) is 7.69. The maximum Gasteiger partial charge on any atom is 0.0609 e. The second-order valence-electron chi connectivity index (χ2n) is 4.88. The van der Waals surface area contributed by atoms with Gasteiger partial charge in [0.2, 0.25) is 0 Å². The third kappa shape index (κ3) is 4.01. The maximum absolute atomic E-state index is 9.07. The number of likely N-dealkylation sites (tertiary alicyclic amines) is 1.